The van der Waals surface area contributed by atoms with E-state index in [2.05, 4.69) is 15.4 Å². The summed E-state index contributed by atoms with van der Waals surface area (Å²) in [6.07, 6.45) is 2.88. The number of anilines is 1. The van der Waals surface area contributed by atoms with Gasteiger partial charge in [-0.05, 0) is 24.3 Å². The van der Waals surface area contributed by atoms with E-state index in [1.165, 1.54) is 23.9 Å². The molecule has 0 saturated carbocycles. The molecule has 10 nitrogen and oxygen atoms in total. The summed E-state index contributed by atoms with van der Waals surface area (Å²) in [4.78, 5) is 29.3. The minimum absolute atomic E-state index is 0.125. The third kappa shape index (κ3) is 4.32. The second kappa shape index (κ2) is 8.57. The molecule has 158 valence electrons. The molecule has 0 saturated heterocycles. The highest BCUT2D eigenvalue weighted by molar-refractivity contribution is 5.90. The van der Waals surface area contributed by atoms with Crippen LogP contribution in [0.3, 0.4) is 0 Å². The SMILES string of the molecule is COc1cccc(NC(=O)Cn2nc3c(Oc4cccc(OC)c4)nccn3c2=O)c1. The summed E-state index contributed by atoms with van der Waals surface area (Å²) < 4.78 is 18.4. The predicted octanol–water partition coefficient (Wildman–Crippen LogP) is 2.34. The van der Waals surface area contributed by atoms with Crippen LogP contribution in [0.15, 0.2) is 65.7 Å². The highest BCUT2D eigenvalue weighted by Crippen LogP contribution is 2.25. The molecule has 10 heteroatoms. The first kappa shape index (κ1) is 20.0. The van der Waals surface area contributed by atoms with Gasteiger partial charge in [0.05, 0.1) is 14.2 Å². The number of ether oxygens (including phenoxy) is 3. The van der Waals surface area contributed by atoms with Crippen molar-refractivity contribution in [1.82, 2.24) is 19.2 Å². The van der Waals surface area contributed by atoms with Gasteiger partial charge in [0.15, 0.2) is 0 Å². The van der Waals surface area contributed by atoms with Gasteiger partial charge in [-0.3, -0.25) is 4.79 Å². The molecule has 0 unspecified atom stereocenters. The van der Waals surface area contributed by atoms with E-state index < -0.39 is 11.6 Å². The number of carbonyl (C=O) groups excluding carboxylic acids is 1. The van der Waals surface area contributed by atoms with Gasteiger partial charge in [0, 0.05) is 30.2 Å². The molecule has 0 aliphatic heterocycles. The Morgan fingerprint density at radius 3 is 2.52 bits per heavy atom. The summed E-state index contributed by atoms with van der Waals surface area (Å²) in [6.45, 7) is -0.281. The Labute approximate surface area is 176 Å². The van der Waals surface area contributed by atoms with Crippen LogP contribution in [-0.2, 0) is 11.3 Å². The van der Waals surface area contributed by atoms with Gasteiger partial charge in [-0.15, -0.1) is 5.10 Å². The smallest absolute Gasteiger partial charge is 0.351 e. The van der Waals surface area contributed by atoms with Crippen molar-refractivity contribution in [1.29, 1.82) is 0 Å². The van der Waals surface area contributed by atoms with Gasteiger partial charge < -0.3 is 19.5 Å². The van der Waals surface area contributed by atoms with Crippen molar-refractivity contribution in [2.24, 2.45) is 0 Å². The van der Waals surface area contributed by atoms with Crippen LogP contribution >= 0.6 is 0 Å². The third-order valence-corrected chi connectivity index (χ3v) is 4.37. The second-order valence-corrected chi connectivity index (χ2v) is 6.43. The number of hydrogen-bond donors (Lipinski definition) is 1. The zero-order valence-electron chi connectivity index (χ0n) is 16.8. The first-order valence-electron chi connectivity index (χ1n) is 9.27. The van der Waals surface area contributed by atoms with E-state index in [0.29, 0.717) is 22.9 Å². The van der Waals surface area contributed by atoms with Crippen LogP contribution in [0.5, 0.6) is 23.1 Å². The van der Waals surface area contributed by atoms with Gasteiger partial charge in [0.2, 0.25) is 11.6 Å². The van der Waals surface area contributed by atoms with E-state index in [-0.39, 0.29) is 18.1 Å². The molecule has 0 atom stereocenters. The lowest BCUT2D eigenvalue weighted by molar-refractivity contribution is -0.117. The van der Waals surface area contributed by atoms with Crippen molar-refractivity contribution in [3.63, 3.8) is 0 Å². The average molecular weight is 421 g/mol. The summed E-state index contributed by atoms with van der Waals surface area (Å²) in [7, 11) is 3.09. The first-order chi connectivity index (χ1) is 15.1. The Kier molecular flexibility index (Phi) is 5.52. The second-order valence-electron chi connectivity index (χ2n) is 6.43. The number of benzene rings is 2. The van der Waals surface area contributed by atoms with Crippen LogP contribution in [0.1, 0.15) is 0 Å². The number of aromatic nitrogens is 4. The maximum Gasteiger partial charge on any atom is 0.351 e. The maximum atomic E-state index is 12.7. The fraction of sp³-hybridized carbons (Fsp3) is 0.143. The standard InChI is InChI=1S/C21H19N5O5/c1-29-15-6-3-5-14(11-15)23-18(27)13-26-21(28)25-10-9-22-20(19(25)24-26)31-17-8-4-7-16(12-17)30-2/h3-12H,13H2,1-2H3,(H,23,27). The van der Waals surface area contributed by atoms with Crippen molar-refractivity contribution in [3.05, 3.63) is 71.4 Å². The average Bonchev–Trinajstić information content (AvgIpc) is 3.10. The molecule has 2 heterocycles. The van der Waals surface area contributed by atoms with Crippen molar-refractivity contribution in [3.8, 4) is 23.1 Å². The van der Waals surface area contributed by atoms with Gasteiger partial charge in [0.1, 0.15) is 23.8 Å². The van der Waals surface area contributed by atoms with Crippen LogP contribution < -0.4 is 25.2 Å². The lowest BCUT2D eigenvalue weighted by atomic mass is 10.3. The van der Waals surface area contributed by atoms with Crippen molar-refractivity contribution in [2.45, 2.75) is 6.54 Å². The lowest BCUT2D eigenvalue weighted by Gasteiger charge is -2.06. The lowest BCUT2D eigenvalue weighted by Crippen LogP contribution is -2.28. The van der Waals surface area contributed by atoms with Crippen LogP contribution in [0.4, 0.5) is 5.69 Å². The first-order valence-corrected chi connectivity index (χ1v) is 9.27. The number of rotatable bonds is 7. The molecule has 0 bridgehead atoms. The quantitative estimate of drug-likeness (QED) is 0.488. The van der Waals surface area contributed by atoms with Crippen molar-refractivity contribution < 1.29 is 19.0 Å². The van der Waals surface area contributed by atoms with Gasteiger partial charge >= 0.3 is 5.69 Å². The highest BCUT2D eigenvalue weighted by Gasteiger charge is 2.16. The fourth-order valence-electron chi connectivity index (χ4n) is 2.91. The van der Waals surface area contributed by atoms with Gasteiger partial charge in [-0.2, -0.15) is 0 Å². The molecular formula is C21H19N5O5. The van der Waals surface area contributed by atoms with Gasteiger partial charge in [-0.25, -0.2) is 18.9 Å². The molecule has 31 heavy (non-hydrogen) atoms. The van der Waals surface area contributed by atoms with Crippen molar-refractivity contribution >= 4 is 17.2 Å². The highest BCUT2D eigenvalue weighted by atomic mass is 16.5. The monoisotopic (exact) mass is 421 g/mol. The molecule has 0 spiro atoms. The Bertz CT molecular complexity index is 1300. The van der Waals surface area contributed by atoms with E-state index >= 15 is 0 Å². The Morgan fingerprint density at radius 1 is 1.03 bits per heavy atom. The van der Waals surface area contributed by atoms with E-state index in [0.717, 1.165) is 4.68 Å². The van der Waals surface area contributed by atoms with Crippen LogP contribution in [0.2, 0.25) is 0 Å². The summed E-state index contributed by atoms with van der Waals surface area (Å²) in [5.74, 6) is 1.40. The molecule has 1 amide bonds. The normalized spacial score (nSPS) is 10.6. The maximum absolute atomic E-state index is 12.7. The number of amides is 1. The topological polar surface area (TPSA) is 109 Å². The molecule has 0 aliphatic carbocycles. The predicted molar refractivity (Wildman–Crippen MR) is 112 cm³/mol. The fourth-order valence-corrected chi connectivity index (χ4v) is 2.91. The summed E-state index contributed by atoms with van der Waals surface area (Å²) >= 11 is 0. The summed E-state index contributed by atoms with van der Waals surface area (Å²) in [5.41, 5.74) is 0.239. The minimum atomic E-state index is -0.492. The molecule has 0 radical (unpaired) electrons. The zero-order chi connectivity index (χ0) is 21.8. The van der Waals surface area contributed by atoms with Gasteiger partial charge in [-0.1, -0.05) is 12.1 Å². The zero-order valence-corrected chi connectivity index (χ0v) is 16.8. The Morgan fingerprint density at radius 2 is 1.74 bits per heavy atom. The number of nitrogens with one attached hydrogen (secondary N) is 1. The van der Waals surface area contributed by atoms with E-state index in [1.54, 1.807) is 55.6 Å². The molecule has 2 aromatic carbocycles. The van der Waals surface area contributed by atoms with Crippen molar-refractivity contribution in [2.75, 3.05) is 19.5 Å². The molecule has 2 aromatic heterocycles. The number of fused-ring (bicyclic) bond motifs is 1. The van der Waals surface area contributed by atoms with Gasteiger partial charge in [0.25, 0.3) is 5.88 Å². The van der Waals surface area contributed by atoms with Crippen LogP contribution in [-0.4, -0.2) is 39.3 Å². The number of methoxy groups -OCH3 is 2. The molecular weight excluding hydrogens is 402 g/mol. The molecule has 4 rings (SSSR count). The van der Waals surface area contributed by atoms with Crippen LogP contribution in [0.25, 0.3) is 5.65 Å². The number of carbonyl (C=O) groups is 1. The summed E-state index contributed by atoms with van der Waals surface area (Å²) in [5, 5.41) is 6.94. The van der Waals surface area contributed by atoms with E-state index in [9.17, 15) is 9.59 Å². The summed E-state index contributed by atoms with van der Waals surface area (Å²) in [6, 6.07) is 13.9. The largest absolute Gasteiger partial charge is 0.497 e. The molecule has 0 aliphatic rings. The molecule has 1 N–H and O–H groups in total. The third-order valence-electron chi connectivity index (χ3n) is 4.37. The number of nitrogens with zero attached hydrogens (tertiary/aromatic N) is 4. The minimum Gasteiger partial charge on any atom is -0.497 e. The molecule has 0 fully saturated rings. The van der Waals surface area contributed by atoms with E-state index in [4.69, 9.17) is 14.2 Å². The Balaban J connectivity index is 1.58. The number of hydrogen-bond acceptors (Lipinski definition) is 7. The van der Waals surface area contributed by atoms with E-state index in [1.807, 2.05) is 0 Å². The Hall–Kier alpha value is -4.34. The molecule has 4 aromatic rings. The van der Waals surface area contributed by atoms with Crippen LogP contribution in [0, 0.1) is 0 Å².